The fourth-order valence-electron chi connectivity index (χ4n) is 10.5. The molecule has 0 atom stereocenters. The van der Waals surface area contributed by atoms with Crippen molar-refractivity contribution in [3.63, 3.8) is 0 Å². The summed E-state index contributed by atoms with van der Waals surface area (Å²) >= 11 is 0. The van der Waals surface area contributed by atoms with E-state index in [4.69, 9.17) is 0 Å². The van der Waals surface area contributed by atoms with Crippen molar-refractivity contribution in [2.45, 2.75) is 50.9 Å². The van der Waals surface area contributed by atoms with Gasteiger partial charge < -0.3 is 29.1 Å². The normalized spacial score (nSPS) is 16.4. The Bertz CT molecular complexity index is 3380. The molecular weight excluding hydrogens is 964 g/mol. The van der Waals surface area contributed by atoms with E-state index in [2.05, 4.69) is 9.80 Å². The Hall–Kier alpha value is -7.27. The molecule has 8 aromatic rings. The van der Waals surface area contributed by atoms with Crippen LogP contribution < -0.4 is 20.7 Å². The lowest BCUT2D eigenvalue weighted by atomic mass is 10.0. The van der Waals surface area contributed by atoms with E-state index in [9.17, 15) is 38.2 Å². The summed E-state index contributed by atoms with van der Waals surface area (Å²) in [6, 6.07) is 27.6. The van der Waals surface area contributed by atoms with Crippen molar-refractivity contribution in [2.75, 3.05) is 62.2 Å². The number of carboxylic acids is 2. The van der Waals surface area contributed by atoms with Gasteiger partial charge in [-0.15, -0.1) is 12.4 Å². The van der Waals surface area contributed by atoms with Gasteiger partial charge in [0.2, 0.25) is 10.9 Å². The topological polar surface area (TPSA) is 132 Å². The molecule has 12 rings (SSSR count). The Labute approximate surface area is 422 Å². The highest BCUT2D eigenvalue weighted by Crippen LogP contribution is 2.40. The van der Waals surface area contributed by atoms with Crippen molar-refractivity contribution in [1.29, 1.82) is 0 Å². The second-order valence-electron chi connectivity index (χ2n) is 19.3. The van der Waals surface area contributed by atoms with Crippen molar-refractivity contribution in [3.8, 4) is 0 Å². The van der Waals surface area contributed by atoms with Crippen molar-refractivity contribution in [3.05, 3.63) is 175 Å². The van der Waals surface area contributed by atoms with Crippen LogP contribution in [0.3, 0.4) is 0 Å². The first kappa shape index (κ1) is 49.3. The van der Waals surface area contributed by atoms with Crippen molar-refractivity contribution in [1.82, 2.24) is 18.9 Å². The fourth-order valence-corrected chi connectivity index (χ4v) is 10.5. The van der Waals surface area contributed by atoms with E-state index in [1.165, 1.54) is 36.7 Å². The van der Waals surface area contributed by atoms with Gasteiger partial charge in [0.1, 0.15) is 34.4 Å². The highest BCUT2D eigenvalue weighted by Gasteiger charge is 2.31. The molecule has 2 aliphatic heterocycles. The van der Waals surface area contributed by atoms with Crippen LogP contribution in [0, 0.1) is 23.3 Å². The predicted octanol–water partition coefficient (Wildman–Crippen LogP) is 10.00. The average Bonchev–Trinajstić information content (AvgIpc) is 4.33. The maximum atomic E-state index is 15.2. The van der Waals surface area contributed by atoms with E-state index in [0.717, 1.165) is 47.6 Å². The van der Waals surface area contributed by atoms with E-state index in [0.29, 0.717) is 98.6 Å². The lowest BCUT2D eigenvalue weighted by Crippen LogP contribution is -2.46. The van der Waals surface area contributed by atoms with Gasteiger partial charge in [0.05, 0.1) is 22.4 Å². The number of fused-ring (bicyclic) bond motifs is 4. The molecule has 0 radical (unpaired) electrons. The van der Waals surface area contributed by atoms with E-state index in [1.54, 1.807) is 24.3 Å². The number of anilines is 2. The van der Waals surface area contributed by atoms with Crippen LogP contribution in [0.15, 0.2) is 119 Å². The first-order valence-electron chi connectivity index (χ1n) is 24.3. The molecule has 17 heteroatoms. The minimum absolute atomic E-state index is 0. The van der Waals surface area contributed by atoms with Crippen LogP contribution in [0.1, 0.15) is 69.6 Å². The number of carbonyl (C=O) groups is 2. The Morgan fingerprint density at radius 1 is 0.466 bits per heavy atom. The van der Waals surface area contributed by atoms with E-state index < -0.39 is 34.4 Å². The Balaban J connectivity index is 0.000000165. The number of carboxylic acid groups (broad SMARTS) is 2. The molecular formula is C56H51ClF4N6O6. The minimum atomic E-state index is -1.30. The molecule has 4 fully saturated rings. The third-order valence-electron chi connectivity index (χ3n) is 14.7. The maximum Gasteiger partial charge on any atom is 0.341 e. The number of piperazine rings is 2. The van der Waals surface area contributed by atoms with Gasteiger partial charge in [0.25, 0.3) is 0 Å². The van der Waals surface area contributed by atoms with Crippen LogP contribution in [-0.2, 0) is 13.1 Å². The number of rotatable bonds is 10. The van der Waals surface area contributed by atoms with Gasteiger partial charge in [-0.25, -0.2) is 27.2 Å². The molecule has 376 valence electrons. The summed E-state index contributed by atoms with van der Waals surface area (Å²) in [7, 11) is 0. The number of aromatic carboxylic acids is 2. The molecule has 0 amide bonds. The largest absolute Gasteiger partial charge is 0.477 e. The Kier molecular flexibility index (Phi) is 13.5. The number of benzene rings is 6. The molecule has 2 N–H and O–H groups in total. The van der Waals surface area contributed by atoms with E-state index in [1.807, 2.05) is 67.5 Å². The summed E-state index contributed by atoms with van der Waals surface area (Å²) in [6.07, 6.45) is 6.41. The van der Waals surface area contributed by atoms with Crippen LogP contribution in [-0.4, -0.2) is 93.4 Å². The summed E-state index contributed by atoms with van der Waals surface area (Å²) in [5.74, 6) is -4.11. The van der Waals surface area contributed by atoms with Gasteiger partial charge in [-0.2, -0.15) is 0 Å². The maximum absolute atomic E-state index is 15.2. The molecule has 4 heterocycles. The third kappa shape index (κ3) is 9.62. The van der Waals surface area contributed by atoms with Crippen molar-refractivity contribution < 1.29 is 37.4 Å². The predicted molar refractivity (Wildman–Crippen MR) is 277 cm³/mol. The van der Waals surface area contributed by atoms with E-state index in [-0.39, 0.29) is 58.0 Å². The second-order valence-corrected chi connectivity index (χ2v) is 19.3. The number of halogens is 5. The summed E-state index contributed by atoms with van der Waals surface area (Å²) in [5, 5.41) is 22.1. The molecule has 2 aromatic heterocycles. The Morgan fingerprint density at radius 3 is 1.16 bits per heavy atom. The van der Waals surface area contributed by atoms with Gasteiger partial charge in [-0.3, -0.25) is 19.4 Å². The summed E-state index contributed by atoms with van der Waals surface area (Å²) in [4.78, 5) is 57.1. The number of pyridine rings is 2. The van der Waals surface area contributed by atoms with Gasteiger partial charge in [-0.05, 0) is 84.0 Å². The van der Waals surface area contributed by atoms with Gasteiger partial charge in [-0.1, -0.05) is 60.7 Å². The minimum Gasteiger partial charge on any atom is -0.477 e. The molecule has 2 saturated heterocycles. The van der Waals surface area contributed by atoms with Crippen LogP contribution in [0.2, 0.25) is 0 Å². The van der Waals surface area contributed by atoms with Crippen LogP contribution >= 0.6 is 12.4 Å². The van der Waals surface area contributed by atoms with Gasteiger partial charge in [0, 0.05) is 111 Å². The quantitative estimate of drug-likeness (QED) is 0.128. The number of hydrogen-bond acceptors (Lipinski definition) is 8. The smallest absolute Gasteiger partial charge is 0.341 e. The standard InChI is InChI=1S/2C28H25F2N3O3.ClH/c2*29-23-8-5-17(19-3-1-2-4-20(19)23)15-31-9-11-32(12-10-31)26-14-25-21(13-24(26)30)27(34)22(28(35)36)16-33(25)18-6-7-18;/h2*1-5,8,13-14,16,18H,6-7,9-12,15H2,(H,35,36);1H. The van der Waals surface area contributed by atoms with Gasteiger partial charge >= 0.3 is 11.9 Å². The van der Waals surface area contributed by atoms with Crippen molar-refractivity contribution >= 4 is 79.1 Å². The highest BCUT2D eigenvalue weighted by atomic mass is 35.5. The number of aromatic nitrogens is 2. The highest BCUT2D eigenvalue weighted by molar-refractivity contribution is 5.95. The molecule has 0 unspecified atom stereocenters. The second kappa shape index (κ2) is 20.0. The van der Waals surface area contributed by atoms with E-state index >= 15 is 8.78 Å². The summed E-state index contributed by atoms with van der Waals surface area (Å²) < 4.78 is 62.5. The first-order chi connectivity index (χ1) is 34.8. The summed E-state index contributed by atoms with van der Waals surface area (Å²) in [5.41, 5.74) is 2.13. The molecule has 0 spiro atoms. The Morgan fingerprint density at radius 2 is 0.822 bits per heavy atom. The van der Waals surface area contributed by atoms with Crippen LogP contribution in [0.25, 0.3) is 43.4 Å². The molecule has 6 aromatic carbocycles. The van der Waals surface area contributed by atoms with Crippen LogP contribution in [0.5, 0.6) is 0 Å². The molecule has 4 aliphatic rings. The van der Waals surface area contributed by atoms with Gasteiger partial charge in [0.15, 0.2) is 0 Å². The molecule has 2 aliphatic carbocycles. The molecule has 2 saturated carbocycles. The fraction of sp³-hybridized carbons (Fsp3) is 0.286. The summed E-state index contributed by atoms with van der Waals surface area (Å²) in [6.45, 7) is 6.57. The molecule has 73 heavy (non-hydrogen) atoms. The zero-order valence-electron chi connectivity index (χ0n) is 39.6. The zero-order valence-corrected chi connectivity index (χ0v) is 40.4. The van der Waals surface area contributed by atoms with Crippen molar-refractivity contribution in [2.24, 2.45) is 0 Å². The first-order valence-corrected chi connectivity index (χ1v) is 24.3. The SMILES string of the molecule is Cl.O=C(O)c1cn(C2CC2)c2cc(N3CCN(Cc4ccc(F)c5ccccc45)CC3)c(F)cc2c1=O.O=C(O)c1cn(C2CC2)c2cc(N3CCN(Cc4ccc(F)c5ccccc45)CC3)c(F)cc2c1=O. The lowest BCUT2D eigenvalue weighted by Gasteiger charge is -2.36. The third-order valence-corrected chi connectivity index (χ3v) is 14.7. The number of hydrogen-bond donors (Lipinski definition) is 2. The lowest BCUT2D eigenvalue weighted by molar-refractivity contribution is 0.0684. The van der Waals surface area contributed by atoms with Crippen LogP contribution in [0.4, 0.5) is 28.9 Å². The molecule has 0 bridgehead atoms. The zero-order chi connectivity index (χ0) is 49.9. The number of nitrogens with zero attached hydrogens (tertiary/aromatic N) is 6. The molecule has 12 nitrogen and oxygen atoms in total. The monoisotopic (exact) mass is 1010 g/mol. The average molecular weight is 1020 g/mol.